The smallest absolute Gasteiger partial charge is 0.0783 e. The molecule has 0 fully saturated rings. The second-order valence-corrected chi connectivity index (χ2v) is 16.6. The number of benzene rings is 1. The summed E-state index contributed by atoms with van der Waals surface area (Å²) < 4.78 is 0. The third-order valence-corrected chi connectivity index (χ3v) is 7.04. The molecule has 88 valence electrons. The van der Waals surface area contributed by atoms with Gasteiger partial charge in [0.15, 0.2) is 0 Å². The summed E-state index contributed by atoms with van der Waals surface area (Å²) in [5, 5.41) is 3.12. The Kier molecular flexibility index (Phi) is 3.65. The van der Waals surface area contributed by atoms with Gasteiger partial charge in [0.25, 0.3) is 0 Å². The minimum absolute atomic E-state index is 1.19. The summed E-state index contributed by atoms with van der Waals surface area (Å²) in [6.45, 7) is 18.4. The number of hydrogen-bond donors (Lipinski definition) is 0. The zero-order valence-corrected chi connectivity index (χ0v) is 13.5. The van der Waals surface area contributed by atoms with Gasteiger partial charge in [-0.05, 0) is 5.56 Å². The Bertz CT molecular complexity index is 392. The minimum atomic E-state index is -1.26. The molecule has 0 N–H and O–H groups in total. The van der Waals surface area contributed by atoms with Gasteiger partial charge in [-0.1, -0.05) is 80.5 Å². The maximum Gasteiger partial charge on any atom is 0.0783 e. The summed E-state index contributed by atoms with van der Waals surface area (Å²) in [5.74, 6) is 0. The van der Waals surface area contributed by atoms with Crippen molar-refractivity contribution in [2.45, 2.75) is 39.3 Å². The summed E-state index contributed by atoms with van der Waals surface area (Å²) in [7, 11) is -2.45. The number of rotatable bonds is 3. The van der Waals surface area contributed by atoms with E-state index in [-0.39, 0.29) is 0 Å². The fourth-order valence-electron chi connectivity index (χ4n) is 1.85. The van der Waals surface area contributed by atoms with E-state index in [2.05, 4.69) is 64.1 Å². The maximum atomic E-state index is 3.93. The van der Waals surface area contributed by atoms with Crippen LogP contribution in [-0.4, -0.2) is 16.1 Å². The second-order valence-electron chi connectivity index (χ2n) is 6.51. The van der Waals surface area contributed by atoms with Crippen molar-refractivity contribution in [3.8, 4) is 0 Å². The van der Waals surface area contributed by atoms with Gasteiger partial charge < -0.3 is 0 Å². The van der Waals surface area contributed by atoms with Crippen molar-refractivity contribution < 1.29 is 0 Å². The maximum absolute atomic E-state index is 3.93. The molecule has 0 nitrogen and oxygen atoms in total. The first-order chi connectivity index (χ1) is 7.16. The first kappa shape index (κ1) is 13.5. The van der Waals surface area contributed by atoms with E-state index in [4.69, 9.17) is 0 Å². The van der Waals surface area contributed by atoms with E-state index in [0.29, 0.717) is 0 Å². The van der Waals surface area contributed by atoms with Crippen LogP contribution in [0.1, 0.15) is 5.56 Å². The summed E-state index contributed by atoms with van der Waals surface area (Å²) in [6.07, 6.45) is 2.00. The van der Waals surface area contributed by atoms with Crippen LogP contribution in [0.15, 0.2) is 24.8 Å². The van der Waals surface area contributed by atoms with Gasteiger partial charge in [-0.15, -0.1) is 0 Å². The van der Waals surface area contributed by atoms with Crippen molar-refractivity contribution in [2.24, 2.45) is 0 Å². The Hall–Kier alpha value is -0.606. The summed E-state index contributed by atoms with van der Waals surface area (Å²) in [4.78, 5) is 0. The lowest BCUT2D eigenvalue weighted by Crippen LogP contribution is -2.46. The molecule has 0 radical (unpaired) electrons. The van der Waals surface area contributed by atoms with Crippen LogP contribution in [0.3, 0.4) is 0 Å². The average molecular weight is 249 g/mol. The van der Waals surface area contributed by atoms with Gasteiger partial charge in [0.2, 0.25) is 0 Å². The van der Waals surface area contributed by atoms with Crippen LogP contribution in [0.25, 0.3) is 6.08 Å². The molecule has 0 aliphatic rings. The van der Waals surface area contributed by atoms with Gasteiger partial charge in [-0.3, -0.25) is 0 Å². The van der Waals surface area contributed by atoms with E-state index in [0.717, 1.165) is 0 Å². The van der Waals surface area contributed by atoms with Crippen molar-refractivity contribution in [1.82, 2.24) is 0 Å². The molecule has 2 heteroatoms. The summed E-state index contributed by atoms with van der Waals surface area (Å²) in [6, 6.07) is 7.01. The van der Waals surface area contributed by atoms with Crippen molar-refractivity contribution >= 4 is 32.6 Å². The van der Waals surface area contributed by atoms with Crippen molar-refractivity contribution in [1.29, 1.82) is 0 Å². The molecule has 0 atom stereocenters. The molecular weight excluding hydrogens is 224 g/mol. The Morgan fingerprint density at radius 2 is 1.50 bits per heavy atom. The zero-order chi connectivity index (χ0) is 12.6. The van der Waals surface area contributed by atoms with E-state index < -0.39 is 16.1 Å². The van der Waals surface area contributed by atoms with Gasteiger partial charge in [0.1, 0.15) is 0 Å². The molecule has 0 spiro atoms. The Morgan fingerprint density at radius 1 is 0.938 bits per heavy atom. The molecule has 1 rings (SSSR count). The third-order valence-electron chi connectivity index (χ3n) is 2.95. The standard InChI is InChI=1S/C14H24Si2/c1-8-12-9-10-13(15(2,3)4)11-14(12)16(5,6)7/h8-11H,1H2,2-7H3. The minimum Gasteiger partial charge on any atom is -0.0985 e. The van der Waals surface area contributed by atoms with Gasteiger partial charge in [0.05, 0.1) is 16.1 Å². The van der Waals surface area contributed by atoms with Crippen LogP contribution in [0.2, 0.25) is 39.3 Å². The lowest BCUT2D eigenvalue weighted by molar-refractivity contribution is 1.64. The molecule has 1 aromatic rings. The predicted molar refractivity (Wildman–Crippen MR) is 82.5 cm³/mol. The highest BCUT2D eigenvalue weighted by Crippen LogP contribution is 2.10. The highest BCUT2D eigenvalue weighted by atomic mass is 28.3. The van der Waals surface area contributed by atoms with Crippen LogP contribution in [0.5, 0.6) is 0 Å². The van der Waals surface area contributed by atoms with Crippen LogP contribution in [0.4, 0.5) is 0 Å². The van der Waals surface area contributed by atoms with Gasteiger partial charge in [-0.25, -0.2) is 0 Å². The first-order valence-corrected chi connectivity index (χ1v) is 12.9. The van der Waals surface area contributed by atoms with Gasteiger partial charge in [-0.2, -0.15) is 0 Å². The van der Waals surface area contributed by atoms with E-state index in [1.54, 1.807) is 10.4 Å². The first-order valence-electron chi connectivity index (χ1n) is 5.93. The molecule has 0 unspecified atom stereocenters. The topological polar surface area (TPSA) is 0 Å². The van der Waals surface area contributed by atoms with Crippen molar-refractivity contribution in [3.63, 3.8) is 0 Å². The largest absolute Gasteiger partial charge is 0.0985 e. The third kappa shape index (κ3) is 2.95. The van der Waals surface area contributed by atoms with Crippen molar-refractivity contribution in [2.75, 3.05) is 0 Å². The Morgan fingerprint density at radius 3 is 1.88 bits per heavy atom. The van der Waals surface area contributed by atoms with Crippen LogP contribution in [-0.2, 0) is 0 Å². The molecule has 0 saturated carbocycles. The van der Waals surface area contributed by atoms with Crippen LogP contribution < -0.4 is 10.4 Å². The molecule has 1 aromatic carbocycles. The van der Waals surface area contributed by atoms with E-state index in [9.17, 15) is 0 Å². The van der Waals surface area contributed by atoms with Crippen LogP contribution in [0, 0.1) is 0 Å². The lowest BCUT2D eigenvalue weighted by Gasteiger charge is -2.24. The molecule has 0 heterocycles. The lowest BCUT2D eigenvalue weighted by atomic mass is 10.2. The number of hydrogen-bond acceptors (Lipinski definition) is 0. The quantitative estimate of drug-likeness (QED) is 0.719. The SMILES string of the molecule is C=Cc1ccc([Si](C)(C)C)cc1[Si](C)(C)C. The molecule has 0 aromatic heterocycles. The van der Waals surface area contributed by atoms with Gasteiger partial charge in [0, 0.05) is 0 Å². The Balaban J connectivity index is 3.39. The van der Waals surface area contributed by atoms with E-state index in [1.807, 2.05) is 6.08 Å². The molecular formula is C14H24Si2. The molecule has 16 heavy (non-hydrogen) atoms. The van der Waals surface area contributed by atoms with Crippen molar-refractivity contribution in [3.05, 3.63) is 30.3 Å². The fourth-order valence-corrected chi connectivity index (χ4v) is 4.80. The Labute approximate surface area is 102 Å². The molecule has 0 aliphatic heterocycles. The fraction of sp³-hybridized carbons (Fsp3) is 0.429. The normalized spacial score (nSPS) is 12.6. The summed E-state index contributed by atoms with van der Waals surface area (Å²) >= 11 is 0. The predicted octanol–water partition coefficient (Wildman–Crippen LogP) is 3.42. The average Bonchev–Trinajstić information content (AvgIpc) is 2.14. The molecule has 0 aliphatic carbocycles. The molecule has 0 amide bonds. The zero-order valence-electron chi connectivity index (χ0n) is 11.5. The monoisotopic (exact) mass is 248 g/mol. The summed E-state index contributed by atoms with van der Waals surface area (Å²) in [5.41, 5.74) is 1.33. The highest BCUT2D eigenvalue weighted by Gasteiger charge is 2.23. The molecule has 0 saturated heterocycles. The van der Waals surface area contributed by atoms with Crippen LogP contribution >= 0.6 is 0 Å². The second kappa shape index (κ2) is 4.34. The van der Waals surface area contributed by atoms with E-state index in [1.165, 1.54) is 5.56 Å². The highest BCUT2D eigenvalue weighted by molar-refractivity contribution is 6.91. The molecule has 0 bridgehead atoms. The van der Waals surface area contributed by atoms with Gasteiger partial charge >= 0.3 is 0 Å². The van der Waals surface area contributed by atoms with E-state index >= 15 is 0 Å².